The van der Waals surface area contributed by atoms with Crippen LogP contribution in [0.25, 0.3) is 11.1 Å². The molecule has 0 unspecified atom stereocenters. The zero-order valence-corrected chi connectivity index (χ0v) is 22.4. The number of fused-ring (bicyclic) bond motifs is 4. The van der Waals surface area contributed by atoms with E-state index in [9.17, 15) is 30.4 Å². The number of phenols is 2. The van der Waals surface area contributed by atoms with E-state index in [2.05, 4.69) is 4.99 Å². The Morgan fingerprint density at radius 3 is 1.66 bits per heavy atom. The molecule has 0 aliphatic carbocycles. The minimum atomic E-state index is -0.672. The zero-order chi connectivity index (χ0) is 30.5. The third-order valence-electron chi connectivity index (χ3n) is 7.18. The molecule has 5 aliphatic rings. The number of phenolic OH excluding ortho intramolecular Hbond substituents is 2. The van der Waals surface area contributed by atoms with Crippen LogP contribution in [0.2, 0.25) is 0 Å². The van der Waals surface area contributed by atoms with E-state index in [0.717, 1.165) is 0 Å². The van der Waals surface area contributed by atoms with Gasteiger partial charge in [0.15, 0.2) is 11.5 Å². The van der Waals surface area contributed by atoms with Crippen molar-refractivity contribution in [1.29, 1.82) is 0 Å². The van der Waals surface area contributed by atoms with Gasteiger partial charge in [0, 0.05) is 23.3 Å². The number of aliphatic imine (C=N–C) groups is 4. The quantitative estimate of drug-likeness (QED) is 0.337. The van der Waals surface area contributed by atoms with Gasteiger partial charge >= 0.3 is 11.4 Å². The van der Waals surface area contributed by atoms with Crippen molar-refractivity contribution in [2.75, 3.05) is 0 Å². The minimum absolute atomic E-state index is 0.392. The summed E-state index contributed by atoms with van der Waals surface area (Å²) < 4.78 is 0. The van der Waals surface area contributed by atoms with Gasteiger partial charge < -0.3 is 10.2 Å². The van der Waals surface area contributed by atoms with Crippen LogP contribution in [-0.2, 0) is 0 Å². The molecule has 0 amide bonds. The van der Waals surface area contributed by atoms with Gasteiger partial charge in [-0.05, 0) is 84.0 Å². The summed E-state index contributed by atoms with van der Waals surface area (Å²) in [5, 5.41) is 43.6. The van der Waals surface area contributed by atoms with Gasteiger partial charge in [0.25, 0.3) is 0 Å². The molecule has 5 aliphatic heterocycles. The SMILES string of the molecule is O=[N+]([O-])c1cc(C2=C3C=CC(=N3)C=C3C=CC(=N3)C=C3C=CC(=N3)C(c3ccc(O)c([N+](=O)[O-])c3)=C3C=CC2=N3)ccc1O. The molecule has 0 atom stereocenters. The van der Waals surface area contributed by atoms with Gasteiger partial charge in [0.1, 0.15) is 0 Å². The third kappa shape index (κ3) is 4.61. The molecule has 0 spiro atoms. The number of rotatable bonds is 4. The Balaban J connectivity index is 1.51. The van der Waals surface area contributed by atoms with Crippen molar-refractivity contribution >= 4 is 45.4 Å². The van der Waals surface area contributed by atoms with Crippen LogP contribution in [-0.4, -0.2) is 42.9 Å². The van der Waals surface area contributed by atoms with Gasteiger partial charge in [0.05, 0.1) is 55.5 Å². The highest BCUT2D eigenvalue weighted by Crippen LogP contribution is 2.38. The summed E-state index contributed by atoms with van der Waals surface area (Å²) in [5.74, 6) is -0.962. The molecule has 44 heavy (non-hydrogen) atoms. The van der Waals surface area contributed by atoms with E-state index in [1.807, 2.05) is 12.2 Å². The Morgan fingerprint density at radius 1 is 0.545 bits per heavy atom. The van der Waals surface area contributed by atoms with Crippen molar-refractivity contribution in [2.24, 2.45) is 20.0 Å². The molecule has 0 radical (unpaired) electrons. The van der Waals surface area contributed by atoms with Crippen LogP contribution in [0.1, 0.15) is 11.1 Å². The number of hydrogen-bond acceptors (Lipinski definition) is 10. The standard InChI is InChI=1S/C32H18N6O6/c39-29-11-1-17(13-27(29)37(41)42)31-23-7-5-21(34-23)15-19-3-4-20(33-19)16-22-6-8-24(35-22)32(26-10-9-25(31)36-26)18-2-12-30(40)28(14-18)38(43)44/h1-16,39-40H. The third-order valence-corrected chi connectivity index (χ3v) is 7.18. The summed E-state index contributed by atoms with van der Waals surface area (Å²) in [7, 11) is 0. The highest BCUT2D eigenvalue weighted by molar-refractivity contribution is 6.36. The van der Waals surface area contributed by atoms with Crippen LogP contribution in [0.15, 0.2) is 140 Å². The maximum Gasteiger partial charge on any atom is 0.311 e. The highest BCUT2D eigenvalue weighted by atomic mass is 16.6. The maximum atomic E-state index is 11.7. The molecule has 5 heterocycles. The fourth-order valence-corrected chi connectivity index (χ4v) is 5.20. The molecule has 0 fully saturated rings. The lowest BCUT2D eigenvalue weighted by Gasteiger charge is -2.11. The molecule has 12 heteroatoms. The lowest BCUT2D eigenvalue weighted by Crippen LogP contribution is -2.03. The summed E-state index contributed by atoms with van der Waals surface area (Å²) in [5.41, 5.74) is 5.06. The van der Waals surface area contributed by atoms with E-state index in [1.54, 1.807) is 60.7 Å². The van der Waals surface area contributed by atoms with E-state index < -0.39 is 32.7 Å². The lowest BCUT2D eigenvalue weighted by molar-refractivity contribution is -0.386. The highest BCUT2D eigenvalue weighted by Gasteiger charge is 2.26. The molecular formula is C32H18N6O6. The predicted octanol–water partition coefficient (Wildman–Crippen LogP) is 5.86. The molecule has 2 aromatic rings. The molecule has 0 saturated heterocycles. The molecule has 2 aromatic carbocycles. The smallest absolute Gasteiger partial charge is 0.311 e. The van der Waals surface area contributed by atoms with Gasteiger partial charge in [-0.25, -0.2) is 20.0 Å². The Kier molecular flexibility index (Phi) is 6.03. The molecule has 7 rings (SSSR count). The zero-order valence-electron chi connectivity index (χ0n) is 22.4. The summed E-state index contributed by atoms with van der Waals surface area (Å²) in [6.07, 6.45) is 17.8. The number of nitrogens with zero attached hydrogens (tertiary/aromatic N) is 6. The van der Waals surface area contributed by atoms with E-state index >= 15 is 0 Å². The molecule has 12 nitrogen and oxygen atoms in total. The van der Waals surface area contributed by atoms with Crippen molar-refractivity contribution in [3.8, 4) is 11.5 Å². The molecule has 0 saturated carbocycles. The van der Waals surface area contributed by atoms with Crippen LogP contribution in [0, 0.1) is 20.2 Å². The van der Waals surface area contributed by atoms with Crippen molar-refractivity contribution in [2.45, 2.75) is 0 Å². The van der Waals surface area contributed by atoms with Gasteiger partial charge in [-0.1, -0.05) is 12.1 Å². The summed E-state index contributed by atoms with van der Waals surface area (Å²) in [6, 6.07) is 8.09. The first-order valence-corrected chi connectivity index (χ1v) is 13.2. The van der Waals surface area contributed by atoms with Crippen LogP contribution in [0.4, 0.5) is 11.4 Å². The maximum absolute atomic E-state index is 11.7. The molecule has 0 aromatic heterocycles. The first kappa shape index (κ1) is 26.3. The Labute approximate surface area is 248 Å². The monoisotopic (exact) mass is 582 g/mol. The van der Waals surface area contributed by atoms with E-state index in [-0.39, 0.29) is 0 Å². The lowest BCUT2D eigenvalue weighted by atomic mass is 9.98. The Bertz CT molecular complexity index is 2070. The Hall–Kier alpha value is -6.56. The molecule has 2 N–H and O–H groups in total. The van der Waals surface area contributed by atoms with Crippen LogP contribution in [0.3, 0.4) is 0 Å². The molecule has 8 bridgehead atoms. The number of nitro groups is 2. The molecular weight excluding hydrogens is 564 g/mol. The van der Waals surface area contributed by atoms with Crippen molar-refractivity contribution in [3.05, 3.63) is 151 Å². The Morgan fingerprint density at radius 2 is 1.02 bits per heavy atom. The normalized spacial score (nSPS) is 17.9. The minimum Gasteiger partial charge on any atom is -0.502 e. The largest absolute Gasteiger partial charge is 0.502 e. The van der Waals surface area contributed by atoms with E-state index in [4.69, 9.17) is 15.0 Å². The van der Waals surface area contributed by atoms with Crippen LogP contribution >= 0.6 is 0 Å². The number of nitro benzene ring substituents is 2. The second kappa shape index (κ2) is 10.1. The van der Waals surface area contributed by atoms with Crippen molar-refractivity contribution in [3.63, 3.8) is 0 Å². The average Bonchev–Trinajstić information content (AvgIpc) is 3.81. The fourth-order valence-electron chi connectivity index (χ4n) is 5.20. The van der Waals surface area contributed by atoms with Gasteiger partial charge in [-0.15, -0.1) is 0 Å². The van der Waals surface area contributed by atoms with Crippen molar-refractivity contribution < 1.29 is 20.1 Å². The summed E-state index contributed by atoms with van der Waals surface area (Å²) in [4.78, 5) is 41.0. The van der Waals surface area contributed by atoms with E-state index in [1.165, 1.54) is 24.3 Å². The number of allylic oxidation sites excluding steroid dienone is 12. The average molecular weight is 583 g/mol. The van der Waals surface area contributed by atoms with Crippen LogP contribution in [0.5, 0.6) is 11.5 Å². The predicted molar refractivity (Wildman–Crippen MR) is 166 cm³/mol. The van der Waals surface area contributed by atoms with Gasteiger partial charge in [-0.3, -0.25) is 20.2 Å². The summed E-state index contributed by atoms with van der Waals surface area (Å²) >= 11 is 0. The number of aromatic hydroxyl groups is 2. The second-order valence-electron chi connectivity index (χ2n) is 9.98. The second-order valence-corrected chi connectivity index (χ2v) is 9.98. The number of hydrogen-bond donors (Lipinski definition) is 2. The summed E-state index contributed by atoms with van der Waals surface area (Å²) in [6.45, 7) is 0. The van der Waals surface area contributed by atoms with Gasteiger partial charge in [0.2, 0.25) is 0 Å². The van der Waals surface area contributed by atoms with E-state index in [0.29, 0.717) is 67.9 Å². The van der Waals surface area contributed by atoms with Crippen LogP contribution < -0.4 is 0 Å². The first-order chi connectivity index (χ1) is 21.2. The topological polar surface area (TPSA) is 176 Å². The number of benzene rings is 2. The fraction of sp³-hybridized carbons (Fsp3) is 0. The van der Waals surface area contributed by atoms with Gasteiger partial charge in [-0.2, -0.15) is 0 Å². The first-order valence-electron chi connectivity index (χ1n) is 13.2. The van der Waals surface area contributed by atoms with Crippen molar-refractivity contribution in [1.82, 2.24) is 0 Å². The molecule has 212 valence electrons.